The van der Waals surface area contributed by atoms with Crippen LogP contribution >= 0.6 is 0 Å². The van der Waals surface area contributed by atoms with Gasteiger partial charge in [-0.1, -0.05) is 0 Å². The van der Waals surface area contributed by atoms with Crippen molar-refractivity contribution < 1.29 is 19.1 Å². The second-order valence-corrected chi connectivity index (χ2v) is 1.97. The summed E-state index contributed by atoms with van der Waals surface area (Å²) < 4.78 is 1.75. The molecule has 0 unspecified atom stereocenters. The molecule has 1 aromatic heterocycles. The van der Waals surface area contributed by atoms with Gasteiger partial charge < -0.3 is 0 Å². The molecule has 6 heavy (non-hydrogen) atoms. The third kappa shape index (κ3) is 0.671. The summed E-state index contributed by atoms with van der Waals surface area (Å²) >= 11 is 1.89. The van der Waals surface area contributed by atoms with Crippen molar-refractivity contribution in [2.75, 3.05) is 0 Å². The summed E-state index contributed by atoms with van der Waals surface area (Å²) in [7, 11) is 0. The molecule has 0 bridgehead atoms. The average molecular weight is 259 g/mol. The molecule has 0 saturated heterocycles. The van der Waals surface area contributed by atoms with E-state index in [0.29, 0.717) is 0 Å². The monoisotopic (exact) mass is 260 g/mol. The quantitative estimate of drug-likeness (QED) is 0.650. The van der Waals surface area contributed by atoms with E-state index in [4.69, 9.17) is 0 Å². The van der Waals surface area contributed by atoms with E-state index >= 15 is 0 Å². The average Bonchev–Trinajstić information content (AvgIpc) is 1.86. The summed E-state index contributed by atoms with van der Waals surface area (Å²) in [4.78, 5) is 0. The zero-order valence-electron chi connectivity index (χ0n) is 2.96. The second kappa shape index (κ2) is 1.54. The third-order valence-electron chi connectivity index (χ3n) is 0.460. The zero-order valence-corrected chi connectivity index (χ0v) is 5.35. The Morgan fingerprint density at radius 3 is 2.67 bits per heavy atom. The number of rotatable bonds is 0. The summed E-state index contributed by atoms with van der Waals surface area (Å²) in [5.74, 6) is 0. The van der Waals surface area contributed by atoms with Crippen LogP contribution in [0.2, 0.25) is 0 Å². The van der Waals surface area contributed by atoms with E-state index in [-0.39, 0.29) is 0 Å². The maximum atomic E-state index is 3.83. The van der Waals surface area contributed by atoms with Crippen molar-refractivity contribution >= 4 is 0 Å². The fraction of sp³-hybridized carbons (Fsp3) is 0. The molecular weight excluding hydrogens is 256 g/mol. The van der Waals surface area contributed by atoms with Gasteiger partial charge in [-0.25, -0.2) is 0 Å². The van der Waals surface area contributed by atoms with Crippen molar-refractivity contribution in [3.05, 3.63) is 18.5 Å². The standard InChI is InChI=1S/C3H3N2.Ir/c1-2-4-5-3-1;/h1-3H;/q-1;+1. The predicted molar refractivity (Wildman–Crippen MR) is 17.6 cm³/mol. The number of nitrogens with zero attached hydrogens (tertiary/aromatic N) is 2. The van der Waals surface area contributed by atoms with Gasteiger partial charge in [-0.3, -0.25) is 0 Å². The van der Waals surface area contributed by atoms with Crippen molar-refractivity contribution in [2.45, 2.75) is 0 Å². The van der Waals surface area contributed by atoms with Crippen molar-refractivity contribution in [1.82, 2.24) is 8.45 Å². The topological polar surface area (TPSA) is 17.8 Å². The van der Waals surface area contributed by atoms with Crippen molar-refractivity contribution in [3.8, 4) is 0 Å². The summed E-state index contributed by atoms with van der Waals surface area (Å²) in [5.41, 5.74) is 0. The Morgan fingerprint density at radius 2 is 2.50 bits per heavy atom. The minimum atomic E-state index is 1.75. The van der Waals surface area contributed by atoms with Gasteiger partial charge in [-0.2, -0.15) is 0 Å². The second-order valence-electron chi connectivity index (χ2n) is 0.874. The summed E-state index contributed by atoms with van der Waals surface area (Å²) in [6.45, 7) is 0. The fourth-order valence-electron chi connectivity index (χ4n) is 0.243. The van der Waals surface area contributed by atoms with E-state index in [2.05, 4.69) is 5.10 Å². The van der Waals surface area contributed by atoms with E-state index < -0.39 is 0 Å². The Balaban J connectivity index is 3.05. The molecule has 1 heterocycles. The van der Waals surface area contributed by atoms with Crippen LogP contribution in [0.25, 0.3) is 0 Å². The molecule has 0 aliphatic carbocycles. The van der Waals surface area contributed by atoms with Crippen LogP contribution in [-0.4, -0.2) is 8.45 Å². The van der Waals surface area contributed by atoms with Crippen molar-refractivity contribution in [3.63, 3.8) is 0 Å². The maximum absolute atomic E-state index is 3.83. The molecule has 0 aliphatic heterocycles. The predicted octanol–water partition coefficient (Wildman–Crippen LogP) is 0.193. The van der Waals surface area contributed by atoms with Crippen LogP contribution in [0.4, 0.5) is 0 Å². The molecule has 1 rings (SSSR count). The molecule has 0 aliphatic rings. The molecule has 1 aromatic rings. The molecule has 2 nitrogen and oxygen atoms in total. The van der Waals surface area contributed by atoms with Crippen LogP contribution in [0.5, 0.6) is 0 Å². The van der Waals surface area contributed by atoms with Gasteiger partial charge in [0.25, 0.3) is 0 Å². The van der Waals surface area contributed by atoms with Gasteiger partial charge in [-0.15, -0.1) is 0 Å². The van der Waals surface area contributed by atoms with Gasteiger partial charge in [0.05, 0.1) is 0 Å². The van der Waals surface area contributed by atoms with Crippen molar-refractivity contribution in [2.24, 2.45) is 0 Å². The number of hydrogen-bond donors (Lipinski definition) is 0. The van der Waals surface area contributed by atoms with Gasteiger partial charge in [0.15, 0.2) is 0 Å². The van der Waals surface area contributed by atoms with E-state index in [1.165, 1.54) is 0 Å². The first kappa shape index (κ1) is 4.03. The molecule has 0 radical (unpaired) electrons. The van der Waals surface area contributed by atoms with Gasteiger partial charge in [0, 0.05) is 0 Å². The minimum absolute atomic E-state index is 1.75. The van der Waals surface area contributed by atoms with Crippen LogP contribution in [0.1, 0.15) is 0 Å². The van der Waals surface area contributed by atoms with Crippen molar-refractivity contribution in [1.29, 1.82) is 0 Å². The molecule has 0 N–H and O–H groups in total. The first-order valence-electron chi connectivity index (χ1n) is 1.53. The third-order valence-corrected chi connectivity index (χ3v) is 1.09. The molecule has 0 spiro atoms. The summed E-state index contributed by atoms with van der Waals surface area (Å²) in [6.07, 6.45) is 3.64. The van der Waals surface area contributed by atoms with Crippen LogP contribution in [0, 0.1) is 0 Å². The van der Waals surface area contributed by atoms with Crippen LogP contribution in [0.15, 0.2) is 18.5 Å². The molecule has 3 heteroatoms. The summed E-state index contributed by atoms with van der Waals surface area (Å²) in [6, 6.07) is 1.89. The molecule has 0 atom stereocenters. The fourth-order valence-corrected chi connectivity index (χ4v) is 0.609. The van der Waals surface area contributed by atoms with E-state index in [0.717, 1.165) is 0 Å². The Hall–Kier alpha value is -0.141. The first-order chi connectivity index (χ1) is 2.89. The SMILES string of the molecule is [Ir][n]1cccn1. The molecule has 0 amide bonds. The summed E-state index contributed by atoms with van der Waals surface area (Å²) in [5, 5.41) is 3.83. The van der Waals surface area contributed by atoms with Gasteiger partial charge in [0.1, 0.15) is 0 Å². The van der Waals surface area contributed by atoms with Crippen LogP contribution in [0.3, 0.4) is 0 Å². The van der Waals surface area contributed by atoms with E-state index in [1.807, 2.05) is 31.4 Å². The zero-order chi connectivity index (χ0) is 4.41. The van der Waals surface area contributed by atoms with Gasteiger partial charge >= 0.3 is 46.1 Å². The molecule has 0 fully saturated rings. The normalized spacial score (nSPS) is 9.00. The molecule has 34 valence electrons. The Bertz CT molecular complexity index is 112. The molecular formula is C3H3IrN2. The van der Waals surface area contributed by atoms with Gasteiger partial charge in [-0.05, 0) is 0 Å². The number of hydrogen-bond acceptors (Lipinski definition) is 1. The number of aromatic nitrogens is 2. The first-order valence-corrected chi connectivity index (χ1v) is 2.60. The Kier molecular flexibility index (Phi) is 1.03. The Labute approximate surface area is 46.6 Å². The van der Waals surface area contributed by atoms with E-state index in [1.54, 1.807) is 9.55 Å². The Morgan fingerprint density at radius 1 is 1.67 bits per heavy atom. The van der Waals surface area contributed by atoms with Crippen LogP contribution < -0.4 is 0 Å². The van der Waals surface area contributed by atoms with Gasteiger partial charge in [0.2, 0.25) is 0 Å². The van der Waals surface area contributed by atoms with Crippen LogP contribution in [-0.2, 0) is 19.1 Å². The molecule has 0 saturated carbocycles. The van der Waals surface area contributed by atoms with E-state index in [9.17, 15) is 0 Å². The molecule has 0 aromatic carbocycles.